The monoisotopic (exact) mass is 390 g/mol. The lowest BCUT2D eigenvalue weighted by Crippen LogP contribution is -2.34. The second-order valence-corrected chi connectivity index (χ2v) is 8.33. The molecule has 1 aliphatic rings. The van der Waals surface area contributed by atoms with Gasteiger partial charge in [0.1, 0.15) is 5.75 Å². The molecule has 1 aliphatic heterocycles. The van der Waals surface area contributed by atoms with E-state index in [0.717, 1.165) is 25.9 Å². The maximum atomic E-state index is 12.4. The van der Waals surface area contributed by atoms with Crippen molar-refractivity contribution < 1.29 is 17.9 Å². The van der Waals surface area contributed by atoms with E-state index in [0.29, 0.717) is 18.2 Å². The van der Waals surface area contributed by atoms with Crippen LogP contribution >= 0.6 is 12.4 Å². The van der Waals surface area contributed by atoms with E-state index in [-0.39, 0.29) is 29.0 Å². The fourth-order valence-corrected chi connectivity index (χ4v) is 4.37. The molecule has 2 rings (SSSR count). The third-order valence-electron chi connectivity index (χ3n) is 4.35. The summed E-state index contributed by atoms with van der Waals surface area (Å²) in [5.74, 6) is 0.206. The summed E-state index contributed by atoms with van der Waals surface area (Å²) in [6.07, 6.45) is 2.06. The van der Waals surface area contributed by atoms with Crippen LogP contribution in [-0.4, -0.2) is 46.8 Å². The molecule has 0 aromatic heterocycles. The zero-order valence-corrected chi connectivity index (χ0v) is 16.3. The van der Waals surface area contributed by atoms with Crippen LogP contribution in [0.1, 0.15) is 19.8 Å². The molecule has 0 radical (unpaired) electrons. The Morgan fingerprint density at radius 2 is 2.04 bits per heavy atom. The third-order valence-corrected chi connectivity index (χ3v) is 6.28. The number of hydrogen-bond acceptors (Lipinski definition) is 5. The zero-order valence-electron chi connectivity index (χ0n) is 14.7. The lowest BCUT2D eigenvalue weighted by atomic mass is 10.1. The summed E-state index contributed by atoms with van der Waals surface area (Å²) in [6, 6.07) is 6.22. The average Bonchev–Trinajstić information content (AvgIpc) is 3.07. The number of methoxy groups -OCH3 is 1. The number of nitrogens with one attached hydrogen (secondary N) is 2. The fourth-order valence-electron chi connectivity index (χ4n) is 2.82. The highest BCUT2D eigenvalue weighted by Gasteiger charge is 2.23. The third kappa shape index (κ3) is 6.49. The second kappa shape index (κ2) is 9.99. The molecule has 2 N–H and O–H groups in total. The summed E-state index contributed by atoms with van der Waals surface area (Å²) < 4.78 is 29.8. The quantitative estimate of drug-likeness (QED) is 0.705. The van der Waals surface area contributed by atoms with E-state index in [4.69, 9.17) is 4.74 Å². The number of benzene rings is 1. The number of carbonyl (C=O) groups is 1. The molecule has 1 aromatic carbocycles. The van der Waals surface area contributed by atoms with Gasteiger partial charge in [-0.15, -0.1) is 12.4 Å². The molecule has 2 atom stereocenters. The van der Waals surface area contributed by atoms with Gasteiger partial charge in [0.25, 0.3) is 0 Å². The van der Waals surface area contributed by atoms with Crippen molar-refractivity contribution in [3.05, 3.63) is 24.3 Å². The van der Waals surface area contributed by atoms with E-state index >= 15 is 0 Å². The summed E-state index contributed by atoms with van der Waals surface area (Å²) in [4.78, 5) is 12.3. The predicted octanol–water partition coefficient (Wildman–Crippen LogP) is 1.64. The Kier molecular flexibility index (Phi) is 8.68. The van der Waals surface area contributed by atoms with Crippen LogP contribution in [0.5, 0.6) is 5.75 Å². The molecule has 0 saturated carbocycles. The molecular formula is C17H27ClN2O4S. The molecule has 0 aliphatic carbocycles. The number of carbonyl (C=O) groups excluding carboxylic acids is 1. The molecule has 0 bridgehead atoms. The minimum Gasteiger partial charge on any atom is -0.497 e. The summed E-state index contributed by atoms with van der Waals surface area (Å²) >= 11 is 0. The van der Waals surface area contributed by atoms with Crippen LogP contribution in [0.15, 0.2) is 29.2 Å². The lowest BCUT2D eigenvalue weighted by Gasteiger charge is -2.14. The highest BCUT2D eigenvalue weighted by molar-refractivity contribution is 7.91. The van der Waals surface area contributed by atoms with Gasteiger partial charge in [-0.1, -0.05) is 6.92 Å². The molecule has 1 amide bonds. The molecule has 0 spiro atoms. The fraction of sp³-hybridized carbons (Fsp3) is 0.588. The number of sulfone groups is 1. The molecule has 25 heavy (non-hydrogen) atoms. The van der Waals surface area contributed by atoms with Gasteiger partial charge in [-0.05, 0) is 56.1 Å². The van der Waals surface area contributed by atoms with Gasteiger partial charge in [0.15, 0.2) is 9.84 Å². The average molecular weight is 391 g/mol. The van der Waals surface area contributed by atoms with Crippen molar-refractivity contribution in [2.75, 3.05) is 32.5 Å². The molecule has 8 heteroatoms. The van der Waals surface area contributed by atoms with Gasteiger partial charge in [-0.3, -0.25) is 4.79 Å². The smallest absolute Gasteiger partial charge is 0.223 e. The molecule has 1 saturated heterocycles. The van der Waals surface area contributed by atoms with Gasteiger partial charge in [0, 0.05) is 12.5 Å². The van der Waals surface area contributed by atoms with Crippen LogP contribution in [-0.2, 0) is 14.6 Å². The molecule has 2 unspecified atom stereocenters. The largest absolute Gasteiger partial charge is 0.497 e. The SMILES string of the molecule is COc1ccc(S(=O)(=O)CC(C)C(=O)NCCC2CCNC2)cc1.Cl. The number of amides is 1. The number of halogens is 1. The Morgan fingerprint density at radius 3 is 2.60 bits per heavy atom. The highest BCUT2D eigenvalue weighted by Crippen LogP contribution is 2.18. The molecule has 1 aromatic rings. The van der Waals surface area contributed by atoms with Gasteiger partial charge in [0.05, 0.1) is 17.8 Å². The summed E-state index contributed by atoms with van der Waals surface area (Å²) in [5.41, 5.74) is 0. The van der Waals surface area contributed by atoms with E-state index in [1.807, 2.05) is 0 Å². The number of hydrogen-bond donors (Lipinski definition) is 2. The van der Waals surface area contributed by atoms with Gasteiger partial charge in [-0.2, -0.15) is 0 Å². The number of ether oxygens (including phenoxy) is 1. The molecule has 142 valence electrons. The highest BCUT2D eigenvalue weighted by atomic mass is 35.5. The maximum Gasteiger partial charge on any atom is 0.223 e. The first-order valence-corrected chi connectivity index (χ1v) is 9.93. The Balaban J connectivity index is 0.00000312. The first kappa shape index (κ1) is 21.7. The van der Waals surface area contributed by atoms with Crippen molar-refractivity contribution in [1.29, 1.82) is 0 Å². The van der Waals surface area contributed by atoms with Crippen molar-refractivity contribution in [2.45, 2.75) is 24.7 Å². The minimum atomic E-state index is -3.50. The van der Waals surface area contributed by atoms with E-state index in [9.17, 15) is 13.2 Å². The topological polar surface area (TPSA) is 84.5 Å². The van der Waals surface area contributed by atoms with Crippen LogP contribution in [0.4, 0.5) is 0 Å². The minimum absolute atomic E-state index is 0. The Hall–Kier alpha value is -1.31. The van der Waals surface area contributed by atoms with E-state index in [1.54, 1.807) is 19.1 Å². The molecule has 6 nitrogen and oxygen atoms in total. The van der Waals surface area contributed by atoms with Crippen molar-refractivity contribution in [3.63, 3.8) is 0 Å². The summed E-state index contributed by atoms with van der Waals surface area (Å²) in [5, 5.41) is 6.14. The first-order chi connectivity index (χ1) is 11.4. The standard InChI is InChI=1S/C17H26N2O4S.ClH/c1-13(17(20)19-10-8-14-7-9-18-11-14)12-24(21,22)16-5-3-15(23-2)4-6-16;/h3-6,13-14,18H,7-12H2,1-2H3,(H,19,20);1H. The van der Waals surface area contributed by atoms with E-state index in [1.165, 1.54) is 19.2 Å². The molecular weight excluding hydrogens is 364 g/mol. The maximum absolute atomic E-state index is 12.4. The van der Waals surface area contributed by atoms with Gasteiger partial charge < -0.3 is 15.4 Å². The summed E-state index contributed by atoms with van der Waals surface area (Å²) in [6.45, 7) is 4.28. The Bertz CT molecular complexity index is 643. The zero-order chi connectivity index (χ0) is 17.6. The van der Waals surface area contributed by atoms with Crippen molar-refractivity contribution in [1.82, 2.24) is 10.6 Å². The van der Waals surface area contributed by atoms with E-state index < -0.39 is 15.8 Å². The summed E-state index contributed by atoms with van der Waals surface area (Å²) in [7, 11) is -1.97. The molecule has 1 heterocycles. The van der Waals surface area contributed by atoms with Crippen LogP contribution in [0.3, 0.4) is 0 Å². The van der Waals surface area contributed by atoms with E-state index in [2.05, 4.69) is 10.6 Å². The van der Waals surface area contributed by atoms with Crippen molar-refractivity contribution >= 4 is 28.2 Å². The second-order valence-electron chi connectivity index (χ2n) is 6.30. The number of rotatable bonds is 8. The Morgan fingerprint density at radius 1 is 1.36 bits per heavy atom. The van der Waals surface area contributed by atoms with Crippen molar-refractivity contribution in [2.24, 2.45) is 11.8 Å². The Labute approximate surface area is 156 Å². The normalized spacial score (nSPS) is 18.2. The van der Waals surface area contributed by atoms with Crippen LogP contribution in [0.2, 0.25) is 0 Å². The van der Waals surface area contributed by atoms with Crippen LogP contribution in [0, 0.1) is 11.8 Å². The van der Waals surface area contributed by atoms with Crippen LogP contribution < -0.4 is 15.4 Å². The first-order valence-electron chi connectivity index (χ1n) is 8.27. The lowest BCUT2D eigenvalue weighted by molar-refractivity contribution is -0.123. The van der Waals surface area contributed by atoms with Crippen LogP contribution in [0.25, 0.3) is 0 Å². The van der Waals surface area contributed by atoms with Gasteiger partial charge in [-0.25, -0.2) is 8.42 Å². The molecule has 1 fully saturated rings. The van der Waals surface area contributed by atoms with Gasteiger partial charge in [0.2, 0.25) is 5.91 Å². The van der Waals surface area contributed by atoms with Gasteiger partial charge >= 0.3 is 0 Å². The predicted molar refractivity (Wildman–Crippen MR) is 100 cm³/mol. The van der Waals surface area contributed by atoms with Crippen molar-refractivity contribution in [3.8, 4) is 5.75 Å².